The Kier molecular flexibility index (Phi) is 6.09. The maximum absolute atomic E-state index is 12.4. The molecular weight excluding hydrogens is 454 g/mol. The fourth-order valence-corrected chi connectivity index (χ4v) is 4.90. The number of nitrogens with one attached hydrogen (secondary N) is 1. The molecule has 0 fully saturated rings. The molecule has 0 aliphatic heterocycles. The van der Waals surface area contributed by atoms with E-state index in [4.69, 9.17) is 0 Å². The molecule has 1 amide bonds. The van der Waals surface area contributed by atoms with Crippen LogP contribution in [0.1, 0.15) is 25.9 Å². The third kappa shape index (κ3) is 4.76. The average molecular weight is 474 g/mol. The van der Waals surface area contributed by atoms with Gasteiger partial charge in [-0.15, -0.1) is 10.2 Å². The SMILES string of the molecule is Cc1ccc(CNC(=O)c2nnc(CSc3ncnc4c3cnn4-c3ccccc3)s2)cc1. The zero-order chi connectivity index (χ0) is 22.6. The maximum atomic E-state index is 12.4. The molecule has 5 aromatic rings. The molecule has 0 saturated carbocycles. The highest BCUT2D eigenvalue weighted by Crippen LogP contribution is 2.29. The minimum atomic E-state index is -0.224. The summed E-state index contributed by atoms with van der Waals surface area (Å²) >= 11 is 2.81. The van der Waals surface area contributed by atoms with Gasteiger partial charge < -0.3 is 5.32 Å². The summed E-state index contributed by atoms with van der Waals surface area (Å²) < 4.78 is 1.79. The van der Waals surface area contributed by atoms with Crippen molar-refractivity contribution in [2.24, 2.45) is 0 Å². The smallest absolute Gasteiger partial charge is 0.282 e. The van der Waals surface area contributed by atoms with Crippen LogP contribution in [0.25, 0.3) is 16.7 Å². The summed E-state index contributed by atoms with van der Waals surface area (Å²) in [5.74, 6) is 0.323. The Morgan fingerprint density at radius 1 is 1.06 bits per heavy atom. The third-order valence-electron chi connectivity index (χ3n) is 4.90. The molecule has 3 aromatic heterocycles. The topological polar surface area (TPSA) is 98.5 Å². The molecular formula is C23H19N7OS2. The van der Waals surface area contributed by atoms with Crippen molar-refractivity contribution in [2.45, 2.75) is 24.2 Å². The fraction of sp³-hybridized carbons (Fsp3) is 0.130. The number of hydrogen-bond acceptors (Lipinski definition) is 8. The van der Waals surface area contributed by atoms with E-state index >= 15 is 0 Å². The molecule has 0 bridgehead atoms. The maximum Gasteiger partial charge on any atom is 0.282 e. The fourth-order valence-electron chi connectivity index (χ4n) is 3.19. The summed E-state index contributed by atoms with van der Waals surface area (Å²) in [7, 11) is 0. The van der Waals surface area contributed by atoms with E-state index in [0.717, 1.165) is 32.3 Å². The molecule has 33 heavy (non-hydrogen) atoms. The number of aromatic nitrogens is 6. The summed E-state index contributed by atoms with van der Waals surface area (Å²) in [6, 6.07) is 17.9. The van der Waals surface area contributed by atoms with E-state index in [1.54, 1.807) is 10.9 Å². The van der Waals surface area contributed by atoms with Crippen LogP contribution >= 0.6 is 23.1 Å². The van der Waals surface area contributed by atoms with Crippen LogP contribution in [0.15, 0.2) is 72.1 Å². The van der Waals surface area contributed by atoms with Gasteiger partial charge in [0.25, 0.3) is 5.91 Å². The van der Waals surface area contributed by atoms with Gasteiger partial charge in [-0.3, -0.25) is 4.79 Å². The number of para-hydroxylation sites is 1. The third-order valence-corrected chi connectivity index (χ3v) is 7.02. The van der Waals surface area contributed by atoms with Gasteiger partial charge in [-0.1, -0.05) is 71.1 Å². The predicted octanol–water partition coefficient (Wildman–Crippen LogP) is 4.20. The zero-order valence-corrected chi connectivity index (χ0v) is 19.3. The lowest BCUT2D eigenvalue weighted by Gasteiger charge is -2.03. The quantitative estimate of drug-likeness (QED) is 0.279. The minimum Gasteiger partial charge on any atom is -0.346 e. The lowest BCUT2D eigenvalue weighted by atomic mass is 10.1. The molecule has 0 unspecified atom stereocenters. The molecule has 8 nitrogen and oxygen atoms in total. The Balaban J connectivity index is 1.24. The number of hydrogen-bond donors (Lipinski definition) is 1. The van der Waals surface area contributed by atoms with Crippen LogP contribution < -0.4 is 5.32 Å². The standard InChI is InChI=1S/C23H19N7OS2/c1-15-7-9-16(10-8-15)11-24-21(31)23-29-28-19(33-23)13-32-22-18-12-27-30(20(18)25-14-26-22)17-5-3-2-4-6-17/h2-10,12,14H,11,13H2,1H3,(H,24,31). The Hall–Kier alpha value is -3.63. The van der Waals surface area contributed by atoms with Crippen molar-refractivity contribution in [3.8, 4) is 5.69 Å². The second-order valence-electron chi connectivity index (χ2n) is 7.27. The second kappa shape index (κ2) is 9.47. The summed E-state index contributed by atoms with van der Waals surface area (Å²) in [6.07, 6.45) is 3.31. The summed E-state index contributed by atoms with van der Waals surface area (Å²) in [5, 5.41) is 18.4. The van der Waals surface area contributed by atoms with Gasteiger partial charge in [0.1, 0.15) is 16.4 Å². The van der Waals surface area contributed by atoms with Crippen LogP contribution in [-0.2, 0) is 12.3 Å². The van der Waals surface area contributed by atoms with Gasteiger partial charge in [0, 0.05) is 6.54 Å². The number of nitrogens with zero attached hydrogens (tertiary/aromatic N) is 6. The van der Waals surface area contributed by atoms with Gasteiger partial charge in [-0.2, -0.15) is 5.10 Å². The van der Waals surface area contributed by atoms with E-state index in [2.05, 4.69) is 30.6 Å². The Morgan fingerprint density at radius 3 is 2.70 bits per heavy atom. The van der Waals surface area contributed by atoms with Gasteiger partial charge in [-0.25, -0.2) is 14.6 Å². The summed E-state index contributed by atoms with van der Waals surface area (Å²) in [4.78, 5) is 21.3. The number of rotatable bonds is 7. The van der Waals surface area contributed by atoms with E-state index in [1.807, 2.05) is 61.5 Å². The predicted molar refractivity (Wildman–Crippen MR) is 128 cm³/mol. The molecule has 2 aromatic carbocycles. The monoisotopic (exact) mass is 473 g/mol. The van der Waals surface area contributed by atoms with E-state index in [1.165, 1.54) is 35.0 Å². The molecule has 0 radical (unpaired) electrons. The highest BCUT2D eigenvalue weighted by Gasteiger charge is 2.15. The molecule has 0 saturated heterocycles. The average Bonchev–Trinajstić information content (AvgIpc) is 3.50. The molecule has 0 atom stereocenters. The first-order valence-corrected chi connectivity index (χ1v) is 12.0. The van der Waals surface area contributed by atoms with Crippen molar-refractivity contribution < 1.29 is 4.79 Å². The molecule has 10 heteroatoms. The van der Waals surface area contributed by atoms with Crippen molar-refractivity contribution in [3.05, 3.63) is 88.3 Å². The van der Waals surface area contributed by atoms with E-state index in [9.17, 15) is 4.79 Å². The van der Waals surface area contributed by atoms with Crippen LogP contribution in [-0.4, -0.2) is 35.9 Å². The van der Waals surface area contributed by atoms with Crippen molar-refractivity contribution in [1.29, 1.82) is 0 Å². The molecule has 164 valence electrons. The molecule has 0 aliphatic carbocycles. The number of amides is 1. The van der Waals surface area contributed by atoms with Crippen molar-refractivity contribution in [2.75, 3.05) is 0 Å². The van der Waals surface area contributed by atoms with Crippen molar-refractivity contribution in [1.82, 2.24) is 35.3 Å². The van der Waals surface area contributed by atoms with Gasteiger partial charge in [-0.05, 0) is 24.6 Å². The van der Waals surface area contributed by atoms with E-state index < -0.39 is 0 Å². The minimum absolute atomic E-state index is 0.224. The largest absolute Gasteiger partial charge is 0.346 e. The van der Waals surface area contributed by atoms with Gasteiger partial charge in [0.15, 0.2) is 5.65 Å². The lowest BCUT2D eigenvalue weighted by Crippen LogP contribution is -2.22. The van der Waals surface area contributed by atoms with Crippen LogP contribution in [0, 0.1) is 6.92 Å². The first-order chi connectivity index (χ1) is 16.2. The molecule has 0 spiro atoms. The normalized spacial score (nSPS) is 11.1. The van der Waals surface area contributed by atoms with Crippen LogP contribution in [0.4, 0.5) is 0 Å². The Bertz CT molecular complexity index is 1400. The van der Waals surface area contributed by atoms with Crippen LogP contribution in [0.5, 0.6) is 0 Å². The molecule has 1 N–H and O–H groups in total. The molecule has 0 aliphatic rings. The number of benzene rings is 2. The number of carbonyl (C=O) groups excluding carboxylic acids is 1. The van der Waals surface area contributed by atoms with Crippen molar-refractivity contribution in [3.63, 3.8) is 0 Å². The van der Waals surface area contributed by atoms with Gasteiger partial charge in [0.2, 0.25) is 5.01 Å². The number of fused-ring (bicyclic) bond motifs is 1. The number of thioether (sulfide) groups is 1. The second-order valence-corrected chi connectivity index (χ2v) is 9.29. The highest BCUT2D eigenvalue weighted by atomic mass is 32.2. The Labute approximate surface area is 198 Å². The zero-order valence-electron chi connectivity index (χ0n) is 17.7. The Morgan fingerprint density at radius 2 is 1.88 bits per heavy atom. The molecule has 5 rings (SSSR count). The first-order valence-electron chi connectivity index (χ1n) is 10.2. The highest BCUT2D eigenvalue weighted by molar-refractivity contribution is 7.98. The van der Waals surface area contributed by atoms with Gasteiger partial charge in [0.05, 0.1) is 23.0 Å². The summed E-state index contributed by atoms with van der Waals surface area (Å²) in [6.45, 7) is 2.48. The van der Waals surface area contributed by atoms with Crippen molar-refractivity contribution >= 4 is 40.0 Å². The number of carbonyl (C=O) groups is 1. The lowest BCUT2D eigenvalue weighted by molar-refractivity contribution is 0.0950. The summed E-state index contributed by atoms with van der Waals surface area (Å²) in [5.41, 5.74) is 3.91. The molecule has 3 heterocycles. The van der Waals surface area contributed by atoms with Gasteiger partial charge >= 0.3 is 0 Å². The number of aryl methyl sites for hydroxylation is 1. The first kappa shape index (κ1) is 21.2. The van der Waals surface area contributed by atoms with E-state index in [0.29, 0.717) is 17.3 Å². The van der Waals surface area contributed by atoms with E-state index in [-0.39, 0.29) is 5.91 Å². The van der Waals surface area contributed by atoms with Crippen LogP contribution in [0.3, 0.4) is 0 Å². The van der Waals surface area contributed by atoms with Crippen LogP contribution in [0.2, 0.25) is 0 Å².